The predicted octanol–water partition coefficient (Wildman–Crippen LogP) is 3.75. The summed E-state index contributed by atoms with van der Waals surface area (Å²) in [5, 5.41) is 0. The van der Waals surface area contributed by atoms with E-state index in [1.807, 2.05) is 13.8 Å². The lowest BCUT2D eigenvalue weighted by Gasteiger charge is -2.14. The molecule has 5 heteroatoms. The molecule has 0 aliphatic carbocycles. The Kier molecular flexibility index (Phi) is 3.61. The minimum absolute atomic E-state index is 0.125. The molecule has 2 N–H and O–H groups in total. The summed E-state index contributed by atoms with van der Waals surface area (Å²) in [4.78, 5) is 8.15. The highest BCUT2D eigenvalue weighted by atomic mass is 79.9. The number of hydrogen-bond acceptors (Lipinski definition) is 3. The molecular formula is C13H13BrFN3. The van der Waals surface area contributed by atoms with Crippen molar-refractivity contribution >= 4 is 21.7 Å². The number of nitrogen functional groups attached to an aromatic ring is 1. The maximum atomic E-state index is 14.1. The molecule has 0 unspecified atom stereocenters. The van der Waals surface area contributed by atoms with E-state index < -0.39 is 0 Å². The quantitative estimate of drug-likeness (QED) is 0.919. The van der Waals surface area contributed by atoms with Gasteiger partial charge in [-0.1, -0.05) is 19.9 Å². The van der Waals surface area contributed by atoms with E-state index in [-0.39, 0.29) is 11.7 Å². The average molecular weight is 310 g/mol. The Hall–Kier alpha value is -1.49. The van der Waals surface area contributed by atoms with E-state index >= 15 is 0 Å². The third kappa shape index (κ3) is 2.22. The highest BCUT2D eigenvalue weighted by Gasteiger charge is 2.18. The van der Waals surface area contributed by atoms with Gasteiger partial charge in [0.15, 0.2) is 0 Å². The SMILES string of the molecule is CC(C)c1c(N)ncnc1-c1cccc(Br)c1F. The smallest absolute Gasteiger partial charge is 0.146 e. The Morgan fingerprint density at radius 1 is 1.28 bits per heavy atom. The molecule has 0 fully saturated rings. The van der Waals surface area contributed by atoms with E-state index in [0.29, 0.717) is 21.5 Å². The highest BCUT2D eigenvalue weighted by Crippen LogP contribution is 2.33. The zero-order valence-corrected chi connectivity index (χ0v) is 11.7. The standard InChI is InChI=1S/C13H13BrFN3/c1-7(2)10-12(17-6-18-13(10)16)8-4-3-5-9(14)11(8)15/h3-7H,1-2H3,(H2,16,17,18). The van der Waals surface area contributed by atoms with Crippen molar-refractivity contribution in [3.05, 3.63) is 40.4 Å². The first-order chi connectivity index (χ1) is 8.52. The fourth-order valence-corrected chi connectivity index (χ4v) is 2.25. The van der Waals surface area contributed by atoms with Gasteiger partial charge in [-0.3, -0.25) is 0 Å². The Balaban J connectivity index is 2.72. The van der Waals surface area contributed by atoms with Gasteiger partial charge < -0.3 is 5.73 Å². The van der Waals surface area contributed by atoms with Gasteiger partial charge in [0.05, 0.1) is 10.2 Å². The first-order valence-corrected chi connectivity index (χ1v) is 6.36. The summed E-state index contributed by atoms with van der Waals surface area (Å²) in [6.07, 6.45) is 1.36. The maximum Gasteiger partial charge on any atom is 0.146 e. The van der Waals surface area contributed by atoms with Crippen LogP contribution in [0, 0.1) is 5.82 Å². The Labute approximate surface area is 113 Å². The van der Waals surface area contributed by atoms with E-state index in [4.69, 9.17) is 5.73 Å². The van der Waals surface area contributed by atoms with Gasteiger partial charge in [0, 0.05) is 11.1 Å². The van der Waals surface area contributed by atoms with Crippen LogP contribution in [0.25, 0.3) is 11.3 Å². The van der Waals surface area contributed by atoms with Crippen molar-refractivity contribution in [3.8, 4) is 11.3 Å². The summed E-state index contributed by atoms with van der Waals surface area (Å²) in [6, 6.07) is 5.11. The molecule has 0 bridgehead atoms. The molecule has 1 heterocycles. The van der Waals surface area contributed by atoms with Gasteiger partial charge in [-0.2, -0.15) is 0 Å². The second-order valence-corrected chi connectivity index (χ2v) is 5.13. The van der Waals surface area contributed by atoms with Gasteiger partial charge >= 0.3 is 0 Å². The molecule has 0 saturated heterocycles. The summed E-state index contributed by atoms with van der Waals surface area (Å²) in [5.74, 6) is 0.187. The molecular weight excluding hydrogens is 297 g/mol. The van der Waals surface area contributed by atoms with Gasteiger partial charge in [-0.15, -0.1) is 0 Å². The first kappa shape index (κ1) is 13.0. The normalized spacial score (nSPS) is 10.9. The third-order valence-corrected chi connectivity index (χ3v) is 3.31. The van der Waals surface area contributed by atoms with Crippen molar-refractivity contribution in [1.82, 2.24) is 9.97 Å². The van der Waals surface area contributed by atoms with Crippen LogP contribution in [0.5, 0.6) is 0 Å². The lowest BCUT2D eigenvalue weighted by atomic mass is 9.97. The molecule has 1 aromatic heterocycles. The summed E-state index contributed by atoms with van der Waals surface area (Å²) < 4.78 is 14.5. The lowest BCUT2D eigenvalue weighted by molar-refractivity contribution is 0.623. The monoisotopic (exact) mass is 309 g/mol. The van der Waals surface area contributed by atoms with E-state index in [2.05, 4.69) is 25.9 Å². The Bertz CT molecular complexity index is 584. The average Bonchev–Trinajstić information content (AvgIpc) is 2.32. The topological polar surface area (TPSA) is 51.8 Å². The number of rotatable bonds is 2. The number of hydrogen-bond donors (Lipinski definition) is 1. The second-order valence-electron chi connectivity index (χ2n) is 4.28. The predicted molar refractivity (Wildman–Crippen MR) is 73.6 cm³/mol. The van der Waals surface area contributed by atoms with Crippen molar-refractivity contribution in [2.24, 2.45) is 0 Å². The van der Waals surface area contributed by atoms with E-state index in [1.54, 1.807) is 18.2 Å². The number of nitrogens with two attached hydrogens (primary N) is 1. The first-order valence-electron chi connectivity index (χ1n) is 5.57. The molecule has 2 aromatic rings. The van der Waals surface area contributed by atoms with Crippen LogP contribution < -0.4 is 5.73 Å². The number of aromatic nitrogens is 2. The van der Waals surface area contributed by atoms with Crippen LogP contribution in [0.1, 0.15) is 25.3 Å². The molecule has 18 heavy (non-hydrogen) atoms. The maximum absolute atomic E-state index is 14.1. The van der Waals surface area contributed by atoms with Gasteiger partial charge in [0.25, 0.3) is 0 Å². The molecule has 0 aliphatic rings. The van der Waals surface area contributed by atoms with Gasteiger partial charge in [-0.25, -0.2) is 14.4 Å². The van der Waals surface area contributed by atoms with Crippen molar-refractivity contribution in [3.63, 3.8) is 0 Å². The van der Waals surface area contributed by atoms with Gasteiger partial charge in [-0.05, 0) is 34.0 Å². The summed E-state index contributed by atoms with van der Waals surface area (Å²) in [6.45, 7) is 3.96. The van der Waals surface area contributed by atoms with Gasteiger partial charge in [0.2, 0.25) is 0 Å². The minimum atomic E-state index is -0.336. The fourth-order valence-electron chi connectivity index (χ4n) is 1.88. The zero-order chi connectivity index (χ0) is 13.3. The van der Waals surface area contributed by atoms with E-state index in [1.165, 1.54) is 6.33 Å². The fraction of sp³-hybridized carbons (Fsp3) is 0.231. The highest BCUT2D eigenvalue weighted by molar-refractivity contribution is 9.10. The van der Waals surface area contributed by atoms with Crippen LogP contribution in [-0.2, 0) is 0 Å². The van der Waals surface area contributed by atoms with Crippen LogP contribution in [-0.4, -0.2) is 9.97 Å². The molecule has 0 radical (unpaired) electrons. The molecule has 0 atom stereocenters. The van der Waals surface area contributed by atoms with Crippen LogP contribution in [0.2, 0.25) is 0 Å². The second kappa shape index (κ2) is 5.02. The third-order valence-electron chi connectivity index (χ3n) is 2.70. The molecule has 0 spiro atoms. The molecule has 3 nitrogen and oxygen atoms in total. The number of anilines is 1. The molecule has 0 amide bonds. The number of benzene rings is 1. The summed E-state index contributed by atoms with van der Waals surface area (Å²) >= 11 is 3.17. The molecule has 2 rings (SSSR count). The van der Waals surface area contributed by atoms with E-state index in [0.717, 1.165) is 5.56 Å². The molecule has 94 valence electrons. The summed E-state index contributed by atoms with van der Waals surface area (Å²) in [7, 11) is 0. The Morgan fingerprint density at radius 2 is 2.00 bits per heavy atom. The van der Waals surface area contributed by atoms with Crippen molar-refractivity contribution < 1.29 is 4.39 Å². The van der Waals surface area contributed by atoms with Crippen molar-refractivity contribution in [2.75, 3.05) is 5.73 Å². The largest absolute Gasteiger partial charge is 0.383 e. The van der Waals surface area contributed by atoms with Crippen LogP contribution in [0.15, 0.2) is 29.0 Å². The molecule has 0 saturated carbocycles. The van der Waals surface area contributed by atoms with Crippen molar-refractivity contribution in [2.45, 2.75) is 19.8 Å². The lowest BCUT2D eigenvalue weighted by Crippen LogP contribution is -2.05. The van der Waals surface area contributed by atoms with E-state index in [9.17, 15) is 4.39 Å². The Morgan fingerprint density at radius 3 is 2.67 bits per heavy atom. The van der Waals surface area contributed by atoms with Crippen LogP contribution in [0.3, 0.4) is 0 Å². The molecule has 0 aliphatic heterocycles. The van der Waals surface area contributed by atoms with Crippen LogP contribution in [0.4, 0.5) is 10.2 Å². The number of halogens is 2. The van der Waals surface area contributed by atoms with Crippen molar-refractivity contribution in [1.29, 1.82) is 0 Å². The zero-order valence-electron chi connectivity index (χ0n) is 10.1. The number of nitrogens with zero attached hydrogens (tertiary/aromatic N) is 2. The minimum Gasteiger partial charge on any atom is -0.383 e. The van der Waals surface area contributed by atoms with Crippen LogP contribution >= 0.6 is 15.9 Å². The van der Waals surface area contributed by atoms with Gasteiger partial charge in [0.1, 0.15) is 18.0 Å². The summed E-state index contributed by atoms with van der Waals surface area (Å²) in [5.41, 5.74) is 7.62. The molecule has 1 aromatic carbocycles.